The van der Waals surface area contributed by atoms with Crippen molar-refractivity contribution in [3.63, 3.8) is 0 Å². The zero-order chi connectivity index (χ0) is 22.7. The number of aryl methyl sites for hydroxylation is 1. The van der Waals surface area contributed by atoms with Crippen molar-refractivity contribution >= 4 is 34.8 Å². The van der Waals surface area contributed by atoms with Crippen LogP contribution in [0.2, 0.25) is 5.02 Å². The maximum atomic E-state index is 13.7. The normalized spacial score (nSPS) is 14.4. The molecule has 5 nitrogen and oxygen atoms in total. The number of hydrogen-bond donors (Lipinski definition) is 1. The van der Waals surface area contributed by atoms with Gasteiger partial charge in [0.2, 0.25) is 5.91 Å². The molecular weight excluding hydrogens is 449 g/mol. The Kier molecular flexibility index (Phi) is 6.86. The number of piperidine rings is 1. The first-order valence-corrected chi connectivity index (χ1v) is 11.7. The zero-order valence-electron chi connectivity index (χ0n) is 17.6. The minimum Gasteiger partial charge on any atom is -0.352 e. The highest BCUT2D eigenvalue weighted by Gasteiger charge is 2.28. The van der Waals surface area contributed by atoms with Crippen molar-refractivity contribution in [3.05, 3.63) is 75.5 Å². The molecule has 0 unspecified atom stereocenters. The van der Waals surface area contributed by atoms with Crippen molar-refractivity contribution in [2.75, 3.05) is 13.1 Å². The molecule has 166 valence electrons. The van der Waals surface area contributed by atoms with E-state index in [4.69, 9.17) is 11.6 Å². The lowest BCUT2D eigenvalue weighted by Crippen LogP contribution is -2.43. The highest BCUT2D eigenvalue weighted by atomic mass is 35.5. The Morgan fingerprint density at radius 2 is 2.00 bits per heavy atom. The fourth-order valence-corrected chi connectivity index (χ4v) is 4.69. The van der Waals surface area contributed by atoms with Crippen LogP contribution < -0.4 is 5.32 Å². The van der Waals surface area contributed by atoms with Crippen LogP contribution in [0.15, 0.2) is 47.8 Å². The summed E-state index contributed by atoms with van der Waals surface area (Å²) in [7, 11) is 0. The van der Waals surface area contributed by atoms with Crippen molar-refractivity contribution in [3.8, 4) is 10.6 Å². The fourth-order valence-electron chi connectivity index (χ4n) is 3.71. The average molecular weight is 472 g/mol. The van der Waals surface area contributed by atoms with E-state index in [1.165, 1.54) is 17.4 Å². The van der Waals surface area contributed by atoms with E-state index in [0.29, 0.717) is 48.8 Å². The lowest BCUT2D eigenvalue weighted by molar-refractivity contribution is -0.126. The minimum absolute atomic E-state index is 0.0602. The molecule has 0 aliphatic carbocycles. The summed E-state index contributed by atoms with van der Waals surface area (Å²) in [5.41, 5.74) is 2.60. The van der Waals surface area contributed by atoms with Gasteiger partial charge in [-0.15, -0.1) is 11.3 Å². The first kappa shape index (κ1) is 22.4. The summed E-state index contributed by atoms with van der Waals surface area (Å²) in [4.78, 5) is 31.6. The number of benzene rings is 2. The second-order valence-electron chi connectivity index (χ2n) is 7.92. The molecule has 4 rings (SSSR count). The first-order chi connectivity index (χ1) is 15.4. The fraction of sp³-hybridized carbons (Fsp3) is 0.292. The highest BCUT2D eigenvalue weighted by Crippen LogP contribution is 2.27. The maximum absolute atomic E-state index is 13.7. The molecule has 1 aromatic heterocycles. The number of likely N-dealkylation sites (tertiary alicyclic amines) is 1. The summed E-state index contributed by atoms with van der Waals surface area (Å²) in [6, 6.07) is 12.3. The third kappa shape index (κ3) is 5.16. The van der Waals surface area contributed by atoms with Gasteiger partial charge in [-0.05, 0) is 49.1 Å². The SMILES string of the molecule is Cc1ccc(CNC(=O)C2CCN(C(=O)c3csc(-c4cccc(Cl)c4)n3)CC2)cc1F. The van der Waals surface area contributed by atoms with Crippen LogP contribution in [0.5, 0.6) is 0 Å². The molecule has 8 heteroatoms. The number of amides is 2. The Labute approximate surface area is 195 Å². The molecule has 1 aliphatic rings. The number of hydrogen-bond acceptors (Lipinski definition) is 4. The molecule has 2 amide bonds. The summed E-state index contributed by atoms with van der Waals surface area (Å²) >= 11 is 7.46. The molecule has 0 spiro atoms. The maximum Gasteiger partial charge on any atom is 0.273 e. The van der Waals surface area contributed by atoms with Crippen LogP contribution in [0.3, 0.4) is 0 Å². The molecule has 0 bridgehead atoms. The summed E-state index contributed by atoms with van der Waals surface area (Å²) in [5.74, 6) is -0.616. The number of carbonyl (C=O) groups is 2. The van der Waals surface area contributed by atoms with Crippen molar-refractivity contribution in [1.82, 2.24) is 15.2 Å². The van der Waals surface area contributed by atoms with Gasteiger partial charge in [0, 0.05) is 41.5 Å². The molecule has 1 saturated heterocycles. The molecule has 1 N–H and O–H groups in total. The Morgan fingerprint density at radius 3 is 2.72 bits per heavy atom. The van der Waals surface area contributed by atoms with Crippen LogP contribution in [-0.2, 0) is 11.3 Å². The average Bonchev–Trinajstić information content (AvgIpc) is 3.30. The van der Waals surface area contributed by atoms with Crippen molar-refractivity contribution in [2.24, 2.45) is 5.92 Å². The van der Waals surface area contributed by atoms with E-state index < -0.39 is 0 Å². The number of nitrogens with one attached hydrogen (secondary N) is 1. The number of aromatic nitrogens is 1. The van der Waals surface area contributed by atoms with Crippen LogP contribution >= 0.6 is 22.9 Å². The molecule has 0 saturated carbocycles. The van der Waals surface area contributed by atoms with Crippen molar-refractivity contribution in [1.29, 1.82) is 0 Å². The second kappa shape index (κ2) is 9.79. The molecule has 1 aliphatic heterocycles. The van der Waals surface area contributed by atoms with E-state index in [1.54, 1.807) is 29.3 Å². The van der Waals surface area contributed by atoms with Gasteiger partial charge in [-0.1, -0.05) is 35.9 Å². The van der Waals surface area contributed by atoms with E-state index in [9.17, 15) is 14.0 Å². The zero-order valence-corrected chi connectivity index (χ0v) is 19.2. The minimum atomic E-state index is -0.274. The molecule has 3 aromatic rings. The predicted molar refractivity (Wildman–Crippen MR) is 124 cm³/mol. The summed E-state index contributed by atoms with van der Waals surface area (Å²) < 4.78 is 13.7. The van der Waals surface area contributed by atoms with Crippen LogP contribution in [-0.4, -0.2) is 34.8 Å². The smallest absolute Gasteiger partial charge is 0.273 e. The second-order valence-corrected chi connectivity index (χ2v) is 9.21. The van der Waals surface area contributed by atoms with Crippen LogP contribution in [0.4, 0.5) is 4.39 Å². The number of thiazole rings is 1. The van der Waals surface area contributed by atoms with Gasteiger partial charge >= 0.3 is 0 Å². The van der Waals surface area contributed by atoms with Gasteiger partial charge in [0.05, 0.1) is 0 Å². The van der Waals surface area contributed by atoms with Gasteiger partial charge in [0.15, 0.2) is 0 Å². The van der Waals surface area contributed by atoms with Crippen LogP contribution in [0, 0.1) is 18.7 Å². The Morgan fingerprint density at radius 1 is 1.22 bits per heavy atom. The third-order valence-corrected chi connectivity index (χ3v) is 6.78. The predicted octanol–water partition coefficient (Wildman–Crippen LogP) is 5.08. The number of halogens is 2. The van der Waals surface area contributed by atoms with Crippen molar-refractivity contribution < 1.29 is 14.0 Å². The Hall–Kier alpha value is -2.77. The standard InChI is InChI=1S/C24H23ClFN3O2S/c1-15-5-6-16(11-20(15)26)13-27-22(30)17-7-9-29(10-8-17)24(31)21-14-32-23(28-21)18-3-2-4-19(25)12-18/h2-6,11-12,14,17H,7-10,13H2,1H3,(H,27,30). The highest BCUT2D eigenvalue weighted by molar-refractivity contribution is 7.13. The van der Waals surface area contributed by atoms with E-state index in [1.807, 2.05) is 24.3 Å². The van der Waals surface area contributed by atoms with Gasteiger partial charge < -0.3 is 10.2 Å². The first-order valence-electron chi connectivity index (χ1n) is 10.4. The molecule has 2 heterocycles. The molecule has 1 fully saturated rings. The van der Waals surface area contributed by atoms with Gasteiger partial charge in [0.25, 0.3) is 5.91 Å². The molecule has 0 atom stereocenters. The van der Waals surface area contributed by atoms with Gasteiger partial charge in [-0.2, -0.15) is 0 Å². The molecule has 32 heavy (non-hydrogen) atoms. The lowest BCUT2D eigenvalue weighted by atomic mass is 9.95. The van der Waals surface area contributed by atoms with Crippen LogP contribution in [0.25, 0.3) is 10.6 Å². The van der Waals surface area contributed by atoms with Crippen LogP contribution in [0.1, 0.15) is 34.5 Å². The number of rotatable bonds is 5. The monoisotopic (exact) mass is 471 g/mol. The largest absolute Gasteiger partial charge is 0.352 e. The van der Waals surface area contributed by atoms with Gasteiger partial charge in [-0.3, -0.25) is 9.59 Å². The van der Waals surface area contributed by atoms with E-state index >= 15 is 0 Å². The summed E-state index contributed by atoms with van der Waals surface area (Å²) in [6.45, 7) is 3.00. The molecule has 0 radical (unpaired) electrons. The number of carbonyl (C=O) groups excluding carboxylic acids is 2. The quantitative estimate of drug-likeness (QED) is 0.564. The van der Waals surface area contributed by atoms with Crippen molar-refractivity contribution in [2.45, 2.75) is 26.3 Å². The van der Waals surface area contributed by atoms with Gasteiger partial charge in [-0.25, -0.2) is 9.37 Å². The van der Waals surface area contributed by atoms with E-state index in [2.05, 4.69) is 10.3 Å². The number of nitrogens with zero attached hydrogens (tertiary/aromatic N) is 2. The molecular formula is C24H23ClFN3O2S. The van der Waals surface area contributed by atoms with Gasteiger partial charge in [0.1, 0.15) is 16.5 Å². The molecule has 2 aromatic carbocycles. The van der Waals surface area contributed by atoms with E-state index in [-0.39, 0.29) is 23.5 Å². The lowest BCUT2D eigenvalue weighted by Gasteiger charge is -2.31. The Balaban J connectivity index is 1.30. The Bertz CT molecular complexity index is 1140. The van der Waals surface area contributed by atoms with E-state index in [0.717, 1.165) is 16.1 Å². The topological polar surface area (TPSA) is 62.3 Å². The summed E-state index contributed by atoms with van der Waals surface area (Å²) in [5, 5.41) is 6.02. The summed E-state index contributed by atoms with van der Waals surface area (Å²) in [6.07, 6.45) is 1.18. The third-order valence-electron chi connectivity index (χ3n) is 5.65.